The van der Waals surface area contributed by atoms with Gasteiger partial charge in [-0.25, -0.2) is 4.79 Å². The Hall–Kier alpha value is -2.84. The van der Waals surface area contributed by atoms with E-state index in [0.29, 0.717) is 0 Å². The molecule has 106 valence electrons. The summed E-state index contributed by atoms with van der Waals surface area (Å²) in [5.41, 5.74) is -1.48. The average molecular weight is 282 g/mol. The summed E-state index contributed by atoms with van der Waals surface area (Å²) < 4.78 is 4.70. The van der Waals surface area contributed by atoms with E-state index >= 15 is 0 Å². The summed E-state index contributed by atoms with van der Waals surface area (Å²) in [6, 6.07) is 2.50. The van der Waals surface area contributed by atoms with Crippen molar-refractivity contribution in [2.45, 2.75) is 13.3 Å². The van der Waals surface area contributed by atoms with Crippen LogP contribution >= 0.6 is 0 Å². The quantitative estimate of drug-likeness (QED) is 0.440. The Balaban J connectivity index is 2.98. The molecule has 1 aromatic carbocycles. The minimum absolute atomic E-state index is 0.00274. The van der Waals surface area contributed by atoms with Crippen LogP contribution in [0.2, 0.25) is 0 Å². The summed E-state index contributed by atoms with van der Waals surface area (Å²) in [7, 11) is 0. The Morgan fingerprint density at radius 2 is 1.60 bits per heavy atom. The molecule has 0 unspecified atom stereocenters. The number of nitro groups is 2. The second-order valence-corrected chi connectivity index (χ2v) is 3.84. The zero-order valence-corrected chi connectivity index (χ0v) is 10.4. The molecule has 0 amide bonds. The molecule has 0 aliphatic rings. The number of ketones is 1. The van der Waals surface area contributed by atoms with Crippen molar-refractivity contribution >= 4 is 23.1 Å². The summed E-state index contributed by atoms with van der Waals surface area (Å²) in [6.45, 7) is 1.12. The van der Waals surface area contributed by atoms with Gasteiger partial charge in [0.2, 0.25) is 0 Å². The molecule has 0 saturated heterocycles. The molecule has 0 saturated carbocycles. The number of ether oxygens (including phenoxy) is 1. The first-order valence-electron chi connectivity index (χ1n) is 5.41. The average Bonchev–Trinajstić information content (AvgIpc) is 2.37. The maximum absolute atomic E-state index is 11.6. The number of hydrogen-bond donors (Lipinski definition) is 0. The smallest absolute Gasteiger partial charge is 0.338 e. The number of hydrogen-bond acceptors (Lipinski definition) is 7. The van der Waals surface area contributed by atoms with E-state index in [1.807, 2.05) is 0 Å². The number of carbonyl (C=O) groups is 2. The third-order valence-corrected chi connectivity index (χ3v) is 2.25. The predicted molar refractivity (Wildman–Crippen MR) is 65.3 cm³/mol. The third-order valence-electron chi connectivity index (χ3n) is 2.25. The van der Waals surface area contributed by atoms with Crippen LogP contribution in [0.5, 0.6) is 0 Å². The summed E-state index contributed by atoms with van der Waals surface area (Å²) in [5.74, 6) is -1.15. The Morgan fingerprint density at radius 3 is 2.00 bits per heavy atom. The number of Topliss-reactive ketones (excluding diaryl/α,β-unsaturated/α-hetero) is 1. The number of non-ortho nitro benzene ring substituents is 2. The minimum Gasteiger partial charge on any atom is -0.462 e. The molecule has 0 heterocycles. The number of rotatable bonds is 6. The summed E-state index contributed by atoms with van der Waals surface area (Å²) in [5, 5.41) is 21.3. The van der Waals surface area contributed by atoms with E-state index in [1.54, 1.807) is 0 Å². The van der Waals surface area contributed by atoms with E-state index in [1.165, 1.54) is 6.92 Å². The molecule has 0 aliphatic heterocycles. The number of nitrogens with zero attached hydrogens (tertiary/aromatic N) is 2. The van der Waals surface area contributed by atoms with Gasteiger partial charge in [0.15, 0.2) is 0 Å². The fraction of sp³-hybridized carbons (Fsp3) is 0.273. The van der Waals surface area contributed by atoms with Crippen molar-refractivity contribution in [2.75, 3.05) is 6.61 Å². The highest BCUT2D eigenvalue weighted by atomic mass is 16.6. The van der Waals surface area contributed by atoms with Crippen LogP contribution in [0.15, 0.2) is 18.2 Å². The van der Waals surface area contributed by atoms with E-state index in [0.717, 1.165) is 18.2 Å². The molecule has 9 heteroatoms. The lowest BCUT2D eigenvalue weighted by Gasteiger charge is -2.03. The lowest BCUT2D eigenvalue weighted by Crippen LogP contribution is -2.09. The van der Waals surface area contributed by atoms with Gasteiger partial charge in [-0.3, -0.25) is 25.0 Å². The first-order chi connectivity index (χ1) is 9.31. The standard InChI is InChI=1S/C11H10N2O7/c1-7(14)2-3-20-11(15)8-4-9(12(16)17)6-10(5-8)13(18)19/h4-6H,2-3H2,1H3. The third kappa shape index (κ3) is 4.12. The molecule has 1 aromatic rings. The summed E-state index contributed by atoms with van der Waals surface area (Å²) >= 11 is 0. The van der Waals surface area contributed by atoms with Gasteiger partial charge in [0, 0.05) is 18.6 Å². The summed E-state index contributed by atoms with van der Waals surface area (Å²) in [4.78, 5) is 41.9. The predicted octanol–water partition coefficient (Wildman–Crippen LogP) is 1.64. The molecular formula is C11H10N2O7. The van der Waals surface area contributed by atoms with Gasteiger partial charge in [-0.05, 0) is 6.92 Å². The molecule has 9 nitrogen and oxygen atoms in total. The second-order valence-electron chi connectivity index (χ2n) is 3.84. The molecule has 0 radical (unpaired) electrons. The first kappa shape index (κ1) is 15.2. The van der Waals surface area contributed by atoms with Crippen LogP contribution in [0.3, 0.4) is 0 Å². The van der Waals surface area contributed by atoms with Crippen molar-refractivity contribution in [3.63, 3.8) is 0 Å². The van der Waals surface area contributed by atoms with Crippen molar-refractivity contribution in [3.8, 4) is 0 Å². The number of esters is 1. The maximum atomic E-state index is 11.6. The van der Waals surface area contributed by atoms with E-state index in [-0.39, 0.29) is 24.4 Å². The van der Waals surface area contributed by atoms with E-state index in [4.69, 9.17) is 4.74 Å². The van der Waals surface area contributed by atoms with Crippen LogP contribution < -0.4 is 0 Å². The SMILES string of the molecule is CC(=O)CCOC(=O)c1cc([N+](=O)[O-])cc([N+](=O)[O-])c1. The van der Waals surface area contributed by atoms with Crippen LogP contribution in [-0.4, -0.2) is 28.2 Å². The topological polar surface area (TPSA) is 130 Å². The number of carbonyl (C=O) groups excluding carboxylic acids is 2. The van der Waals surface area contributed by atoms with Gasteiger partial charge < -0.3 is 4.74 Å². The molecule has 0 bridgehead atoms. The largest absolute Gasteiger partial charge is 0.462 e. The van der Waals surface area contributed by atoms with Gasteiger partial charge in [0.05, 0.1) is 28.1 Å². The molecule has 20 heavy (non-hydrogen) atoms. The van der Waals surface area contributed by atoms with Gasteiger partial charge >= 0.3 is 5.97 Å². The Labute approximate surface area is 112 Å². The van der Waals surface area contributed by atoms with Crippen LogP contribution in [-0.2, 0) is 9.53 Å². The maximum Gasteiger partial charge on any atom is 0.338 e. The van der Waals surface area contributed by atoms with Gasteiger partial charge in [-0.2, -0.15) is 0 Å². The van der Waals surface area contributed by atoms with Crippen LogP contribution in [0, 0.1) is 20.2 Å². The monoisotopic (exact) mass is 282 g/mol. The van der Waals surface area contributed by atoms with Crippen molar-refractivity contribution < 1.29 is 24.2 Å². The van der Waals surface area contributed by atoms with Crippen molar-refractivity contribution in [2.24, 2.45) is 0 Å². The van der Waals surface area contributed by atoms with Crippen molar-refractivity contribution in [1.82, 2.24) is 0 Å². The normalized spacial score (nSPS) is 9.85. The van der Waals surface area contributed by atoms with Gasteiger partial charge in [0.1, 0.15) is 5.78 Å². The van der Waals surface area contributed by atoms with Crippen LogP contribution in [0.25, 0.3) is 0 Å². The van der Waals surface area contributed by atoms with Crippen molar-refractivity contribution in [3.05, 3.63) is 44.0 Å². The highest BCUT2D eigenvalue weighted by molar-refractivity contribution is 5.91. The molecular weight excluding hydrogens is 272 g/mol. The minimum atomic E-state index is -0.960. The molecule has 0 fully saturated rings. The Bertz CT molecular complexity index is 550. The fourth-order valence-electron chi connectivity index (χ4n) is 1.29. The molecule has 0 N–H and O–H groups in total. The Morgan fingerprint density at radius 1 is 1.10 bits per heavy atom. The second kappa shape index (κ2) is 6.36. The molecule has 1 rings (SSSR count). The van der Waals surface area contributed by atoms with Gasteiger partial charge in [0.25, 0.3) is 11.4 Å². The summed E-state index contributed by atoms with van der Waals surface area (Å²) in [6.07, 6.45) is 0.00274. The highest BCUT2D eigenvalue weighted by Gasteiger charge is 2.20. The zero-order chi connectivity index (χ0) is 15.3. The van der Waals surface area contributed by atoms with Crippen molar-refractivity contribution in [1.29, 1.82) is 0 Å². The lowest BCUT2D eigenvalue weighted by atomic mass is 10.2. The van der Waals surface area contributed by atoms with Crippen LogP contribution in [0.4, 0.5) is 11.4 Å². The number of nitro benzene ring substituents is 2. The molecule has 0 spiro atoms. The molecule has 0 aromatic heterocycles. The Kier molecular flexibility index (Phi) is 4.84. The fourth-order valence-corrected chi connectivity index (χ4v) is 1.29. The van der Waals surface area contributed by atoms with E-state index < -0.39 is 27.2 Å². The zero-order valence-electron chi connectivity index (χ0n) is 10.4. The van der Waals surface area contributed by atoms with Crippen LogP contribution in [0.1, 0.15) is 23.7 Å². The number of benzene rings is 1. The molecule has 0 atom stereocenters. The van der Waals surface area contributed by atoms with Gasteiger partial charge in [-0.1, -0.05) is 0 Å². The van der Waals surface area contributed by atoms with E-state index in [2.05, 4.69) is 0 Å². The first-order valence-corrected chi connectivity index (χ1v) is 5.41. The lowest BCUT2D eigenvalue weighted by molar-refractivity contribution is -0.394. The molecule has 0 aliphatic carbocycles. The van der Waals surface area contributed by atoms with Gasteiger partial charge in [-0.15, -0.1) is 0 Å². The van der Waals surface area contributed by atoms with E-state index in [9.17, 15) is 29.8 Å². The highest BCUT2D eigenvalue weighted by Crippen LogP contribution is 2.23.